The van der Waals surface area contributed by atoms with Crippen LogP contribution in [0.3, 0.4) is 0 Å². The lowest BCUT2D eigenvalue weighted by molar-refractivity contribution is 0.0655. The molecule has 0 unspecified atom stereocenters. The summed E-state index contributed by atoms with van der Waals surface area (Å²) in [5.74, 6) is -1.08. The molecule has 0 amide bonds. The van der Waals surface area contributed by atoms with Crippen LogP contribution in [-0.4, -0.2) is 19.8 Å². The fourth-order valence-electron chi connectivity index (χ4n) is 5.69. The molecule has 2 aromatic carbocycles. The van der Waals surface area contributed by atoms with Gasteiger partial charge in [-0.2, -0.15) is 0 Å². The molecule has 2 saturated carbocycles. The zero-order chi connectivity index (χ0) is 24.8. The van der Waals surface area contributed by atoms with E-state index in [1.165, 1.54) is 6.07 Å². The summed E-state index contributed by atoms with van der Waals surface area (Å²) in [5, 5.41) is 0. The Balaban J connectivity index is 1.34. The SMILES string of the molecule is CCOCc1ccc(/C=C/C2CCC(c3ccc(C4CCC(OC)CC4)c(F)c3F)CC2)cc1F. The number of halogens is 3. The maximum absolute atomic E-state index is 15.1. The van der Waals surface area contributed by atoms with Crippen LogP contribution in [-0.2, 0) is 16.1 Å². The Morgan fingerprint density at radius 2 is 1.43 bits per heavy atom. The van der Waals surface area contributed by atoms with Crippen molar-refractivity contribution < 1.29 is 22.6 Å². The van der Waals surface area contributed by atoms with Crippen LogP contribution >= 0.6 is 0 Å². The maximum atomic E-state index is 15.1. The Bertz CT molecular complexity index is 1000. The Hall–Kier alpha value is -2.11. The minimum Gasteiger partial charge on any atom is -0.381 e. The van der Waals surface area contributed by atoms with Crippen LogP contribution in [0.4, 0.5) is 13.2 Å². The largest absolute Gasteiger partial charge is 0.381 e. The molecular formula is C30H37F3O2. The molecule has 2 nitrogen and oxygen atoms in total. The standard InChI is InChI=1S/C30H37F3O2/c1-3-35-19-24-11-8-21(18-28(24)31)5-4-20-6-9-22(10-7-20)26-16-17-27(30(33)29(26)32)23-12-14-25(34-2)15-13-23/h4-5,8,11,16-18,20,22-23,25H,3,6-7,9-10,12-15,19H2,1-2H3/b5-4+. The monoisotopic (exact) mass is 486 g/mol. The molecule has 0 radical (unpaired) electrons. The van der Waals surface area contributed by atoms with Gasteiger partial charge in [0.25, 0.3) is 0 Å². The highest BCUT2D eigenvalue weighted by atomic mass is 19.2. The predicted molar refractivity (Wildman–Crippen MR) is 134 cm³/mol. The lowest BCUT2D eigenvalue weighted by Gasteiger charge is -2.30. The predicted octanol–water partition coefficient (Wildman–Crippen LogP) is 8.30. The number of hydrogen-bond donors (Lipinski definition) is 0. The van der Waals surface area contributed by atoms with Crippen LogP contribution in [0.5, 0.6) is 0 Å². The molecule has 2 fully saturated rings. The first-order valence-corrected chi connectivity index (χ1v) is 13.0. The summed E-state index contributed by atoms with van der Waals surface area (Å²) >= 11 is 0. The quantitative estimate of drug-likeness (QED) is 0.374. The average Bonchev–Trinajstić information content (AvgIpc) is 2.89. The maximum Gasteiger partial charge on any atom is 0.162 e. The van der Waals surface area contributed by atoms with Crippen LogP contribution in [0.15, 0.2) is 36.4 Å². The summed E-state index contributed by atoms with van der Waals surface area (Å²) in [6, 6.07) is 8.86. The van der Waals surface area contributed by atoms with Crippen molar-refractivity contribution >= 4 is 6.08 Å². The van der Waals surface area contributed by atoms with Gasteiger partial charge in [0, 0.05) is 19.3 Å². The summed E-state index contributed by atoms with van der Waals surface area (Å²) in [6.07, 6.45) is 11.3. The molecule has 2 aromatic rings. The third kappa shape index (κ3) is 6.37. The molecule has 35 heavy (non-hydrogen) atoms. The second-order valence-electron chi connectivity index (χ2n) is 10.0. The van der Waals surface area contributed by atoms with Crippen molar-refractivity contribution in [3.05, 3.63) is 76.1 Å². The van der Waals surface area contributed by atoms with Crippen LogP contribution in [0.25, 0.3) is 6.08 Å². The lowest BCUT2D eigenvalue weighted by atomic mass is 9.77. The zero-order valence-corrected chi connectivity index (χ0v) is 20.9. The molecule has 2 aliphatic carbocycles. The molecule has 190 valence electrons. The molecular weight excluding hydrogens is 449 g/mol. The third-order valence-corrected chi connectivity index (χ3v) is 7.90. The van der Waals surface area contributed by atoms with Gasteiger partial charge in [0.1, 0.15) is 5.82 Å². The first-order chi connectivity index (χ1) is 17.0. The van der Waals surface area contributed by atoms with Gasteiger partial charge < -0.3 is 9.47 Å². The molecule has 0 spiro atoms. The van der Waals surface area contributed by atoms with Crippen molar-refractivity contribution in [2.24, 2.45) is 5.92 Å². The van der Waals surface area contributed by atoms with Gasteiger partial charge in [-0.05, 0) is 98.8 Å². The molecule has 0 atom stereocenters. The Kier molecular flexibility index (Phi) is 9.07. The van der Waals surface area contributed by atoms with Crippen molar-refractivity contribution in [2.45, 2.75) is 82.8 Å². The van der Waals surface area contributed by atoms with Crippen LogP contribution in [0.2, 0.25) is 0 Å². The first-order valence-electron chi connectivity index (χ1n) is 13.0. The number of ether oxygens (including phenoxy) is 2. The second-order valence-corrected chi connectivity index (χ2v) is 10.0. The van der Waals surface area contributed by atoms with Crippen molar-refractivity contribution in [3.8, 4) is 0 Å². The molecule has 5 heteroatoms. The van der Waals surface area contributed by atoms with E-state index in [0.717, 1.165) is 56.9 Å². The van der Waals surface area contributed by atoms with Crippen molar-refractivity contribution in [1.82, 2.24) is 0 Å². The highest BCUT2D eigenvalue weighted by Crippen LogP contribution is 2.41. The van der Waals surface area contributed by atoms with Gasteiger partial charge in [-0.15, -0.1) is 0 Å². The van der Waals surface area contributed by atoms with Crippen molar-refractivity contribution in [2.75, 3.05) is 13.7 Å². The molecule has 4 rings (SSSR count). The van der Waals surface area contributed by atoms with Crippen molar-refractivity contribution in [3.63, 3.8) is 0 Å². The van der Waals surface area contributed by atoms with Crippen LogP contribution in [0, 0.1) is 23.4 Å². The second kappa shape index (κ2) is 12.2. The minimum atomic E-state index is -0.655. The Morgan fingerprint density at radius 1 is 0.829 bits per heavy atom. The minimum absolute atomic E-state index is 0.0442. The van der Waals surface area contributed by atoms with E-state index in [4.69, 9.17) is 9.47 Å². The van der Waals surface area contributed by atoms with E-state index >= 15 is 8.78 Å². The number of methoxy groups -OCH3 is 1. The summed E-state index contributed by atoms with van der Waals surface area (Å²) in [4.78, 5) is 0. The number of hydrogen-bond acceptors (Lipinski definition) is 2. The summed E-state index contributed by atoms with van der Waals surface area (Å²) < 4.78 is 55.1. The molecule has 0 heterocycles. The van der Waals surface area contributed by atoms with E-state index in [0.29, 0.717) is 29.2 Å². The number of allylic oxidation sites excluding steroid dienone is 1. The van der Waals surface area contributed by atoms with E-state index in [1.807, 2.05) is 31.2 Å². The van der Waals surface area contributed by atoms with Gasteiger partial charge in [-0.1, -0.05) is 36.4 Å². The summed E-state index contributed by atoms with van der Waals surface area (Å²) in [6.45, 7) is 2.72. The topological polar surface area (TPSA) is 18.5 Å². The van der Waals surface area contributed by atoms with Crippen molar-refractivity contribution in [1.29, 1.82) is 0 Å². The highest BCUT2D eigenvalue weighted by molar-refractivity contribution is 5.50. The smallest absolute Gasteiger partial charge is 0.162 e. The highest BCUT2D eigenvalue weighted by Gasteiger charge is 2.29. The van der Waals surface area contributed by atoms with E-state index in [2.05, 4.69) is 6.08 Å². The van der Waals surface area contributed by atoms with Gasteiger partial charge in [0.05, 0.1) is 12.7 Å². The summed E-state index contributed by atoms with van der Waals surface area (Å²) in [7, 11) is 1.71. The van der Waals surface area contributed by atoms with E-state index in [-0.39, 0.29) is 30.4 Å². The van der Waals surface area contributed by atoms with Gasteiger partial charge in [0.2, 0.25) is 0 Å². The molecule has 0 N–H and O–H groups in total. The number of benzene rings is 2. The van der Waals surface area contributed by atoms with Gasteiger partial charge in [-0.3, -0.25) is 0 Å². The fraction of sp³-hybridized carbons (Fsp3) is 0.533. The number of rotatable bonds is 8. The van der Waals surface area contributed by atoms with Crippen LogP contribution < -0.4 is 0 Å². The molecule has 2 aliphatic rings. The third-order valence-electron chi connectivity index (χ3n) is 7.90. The average molecular weight is 487 g/mol. The normalized spacial score (nSPS) is 25.3. The van der Waals surface area contributed by atoms with E-state index < -0.39 is 11.6 Å². The van der Waals surface area contributed by atoms with Gasteiger partial charge in [0.15, 0.2) is 11.6 Å². The van der Waals surface area contributed by atoms with E-state index in [9.17, 15) is 4.39 Å². The van der Waals surface area contributed by atoms with Gasteiger partial charge >= 0.3 is 0 Å². The molecule has 0 aliphatic heterocycles. The molecule has 0 bridgehead atoms. The fourth-order valence-corrected chi connectivity index (χ4v) is 5.69. The zero-order valence-electron chi connectivity index (χ0n) is 20.9. The first kappa shape index (κ1) is 26.0. The summed E-state index contributed by atoms with van der Waals surface area (Å²) in [5.41, 5.74) is 2.43. The molecule has 0 saturated heterocycles. The van der Waals surface area contributed by atoms with Gasteiger partial charge in [-0.25, -0.2) is 13.2 Å². The van der Waals surface area contributed by atoms with Crippen LogP contribution in [0.1, 0.15) is 92.4 Å². The van der Waals surface area contributed by atoms with E-state index in [1.54, 1.807) is 13.2 Å². The Labute approximate surface area is 207 Å². The Morgan fingerprint density at radius 3 is 1.97 bits per heavy atom. The molecule has 0 aromatic heterocycles. The lowest BCUT2D eigenvalue weighted by Crippen LogP contribution is -2.20.